The zero-order valence-electron chi connectivity index (χ0n) is 24.5. The summed E-state index contributed by atoms with van der Waals surface area (Å²) in [5, 5.41) is 0. The summed E-state index contributed by atoms with van der Waals surface area (Å²) >= 11 is 0. The van der Waals surface area contributed by atoms with E-state index in [-0.39, 0.29) is 29.3 Å². The molecule has 2 aliphatic heterocycles. The van der Waals surface area contributed by atoms with Crippen molar-refractivity contribution in [2.24, 2.45) is 0 Å². The van der Waals surface area contributed by atoms with Gasteiger partial charge in [0.25, 0.3) is 0 Å². The van der Waals surface area contributed by atoms with Gasteiger partial charge in [-0.3, -0.25) is 9.59 Å². The van der Waals surface area contributed by atoms with E-state index in [2.05, 4.69) is 0 Å². The lowest BCUT2D eigenvalue weighted by atomic mass is 9.86. The topological polar surface area (TPSA) is 118 Å². The Bertz CT molecular complexity index is 1560. The number of methoxy groups -OCH3 is 2. The molecule has 2 aliphatic rings. The van der Waals surface area contributed by atoms with Crippen LogP contribution in [-0.4, -0.2) is 44.0 Å². The van der Waals surface area contributed by atoms with Crippen LogP contribution in [0.15, 0.2) is 53.0 Å². The Balaban J connectivity index is 1.56. The van der Waals surface area contributed by atoms with E-state index in [0.29, 0.717) is 66.7 Å². The van der Waals surface area contributed by atoms with E-state index in [0.717, 1.165) is 5.56 Å². The van der Waals surface area contributed by atoms with Crippen LogP contribution in [0.2, 0.25) is 0 Å². The Morgan fingerprint density at radius 3 is 2.49 bits per heavy atom. The summed E-state index contributed by atoms with van der Waals surface area (Å²) in [5.41, 5.74) is 2.41. The first kappa shape index (κ1) is 29.8. The average molecular weight is 587 g/mol. The molecule has 0 amide bonds. The largest absolute Gasteiger partial charge is 0.495 e. The highest BCUT2D eigenvalue weighted by molar-refractivity contribution is 5.99. The minimum Gasteiger partial charge on any atom is -0.495 e. The highest BCUT2D eigenvalue weighted by atomic mass is 16.6. The van der Waals surface area contributed by atoms with E-state index in [1.54, 1.807) is 55.5 Å². The van der Waals surface area contributed by atoms with Crippen molar-refractivity contribution in [3.63, 3.8) is 0 Å². The number of rotatable bonds is 4. The van der Waals surface area contributed by atoms with E-state index in [4.69, 9.17) is 23.4 Å². The summed E-state index contributed by atoms with van der Waals surface area (Å²) in [5.74, 6) is -0.257. The van der Waals surface area contributed by atoms with Crippen LogP contribution in [-0.2, 0) is 19.1 Å². The molecule has 0 saturated carbocycles. The van der Waals surface area contributed by atoms with Gasteiger partial charge in [0.05, 0.1) is 38.2 Å². The molecule has 0 spiro atoms. The van der Waals surface area contributed by atoms with Gasteiger partial charge < -0.3 is 23.4 Å². The quantitative estimate of drug-likeness (QED) is 0.244. The highest BCUT2D eigenvalue weighted by Gasteiger charge is 2.37. The number of esters is 3. The molecule has 5 rings (SSSR count). The SMILES string of the molecule is COC(=O)c1ccc(-c2ccc([C@@H]3CC(=O)Oc4cc5c(c(OC)c43)C(=O)O[C@@H](C)CCCC(=O)CCCC=C5)o2)cc1. The van der Waals surface area contributed by atoms with E-state index < -0.39 is 29.9 Å². The summed E-state index contributed by atoms with van der Waals surface area (Å²) in [7, 11) is 2.79. The molecule has 9 heteroatoms. The monoisotopic (exact) mass is 586 g/mol. The summed E-state index contributed by atoms with van der Waals surface area (Å²) in [6, 6.07) is 12.0. The van der Waals surface area contributed by atoms with Gasteiger partial charge in [0.15, 0.2) is 0 Å². The number of Topliss-reactive ketones (excluding diaryl/α,β-unsaturated/α-hetero) is 1. The van der Waals surface area contributed by atoms with Gasteiger partial charge >= 0.3 is 17.9 Å². The standard InChI is InChI=1S/C34H34O9/c1-20-8-7-11-24(35)10-6-4-5-9-23-18-28-31(32(39-2)30(23)34(38)41-20)25(19-29(36)43-28)27-17-16-26(42-27)21-12-14-22(15-13-21)33(37)40-3/h5,9,12-18,20,25H,4,6-8,10-11,19H2,1-3H3/t20-,25-/m0/s1. The molecule has 0 saturated heterocycles. The Hall–Kier alpha value is -4.66. The van der Waals surface area contributed by atoms with E-state index in [9.17, 15) is 19.2 Å². The van der Waals surface area contributed by atoms with E-state index in [1.165, 1.54) is 14.2 Å². The lowest BCUT2D eigenvalue weighted by Crippen LogP contribution is -2.24. The maximum atomic E-state index is 13.6. The number of cyclic esters (lactones) is 1. The number of hydrogen-bond acceptors (Lipinski definition) is 9. The molecule has 3 aromatic rings. The first-order chi connectivity index (χ1) is 20.8. The number of ketones is 1. The fourth-order valence-corrected chi connectivity index (χ4v) is 5.54. The van der Waals surface area contributed by atoms with Crippen LogP contribution in [0.5, 0.6) is 11.5 Å². The second kappa shape index (κ2) is 13.1. The van der Waals surface area contributed by atoms with Gasteiger partial charge in [-0.15, -0.1) is 0 Å². The zero-order chi connectivity index (χ0) is 30.5. The van der Waals surface area contributed by atoms with Crippen LogP contribution in [0.3, 0.4) is 0 Å². The van der Waals surface area contributed by atoms with E-state index >= 15 is 0 Å². The molecule has 0 N–H and O–H groups in total. The molecule has 1 aromatic heterocycles. The van der Waals surface area contributed by atoms with Crippen LogP contribution < -0.4 is 9.47 Å². The summed E-state index contributed by atoms with van der Waals surface area (Å²) in [6.07, 6.45) is 6.76. The fraction of sp³-hybridized carbons (Fsp3) is 0.353. The Kier molecular flexibility index (Phi) is 9.09. The third-order valence-electron chi connectivity index (χ3n) is 7.72. The normalized spacial score (nSPS) is 19.4. The average Bonchev–Trinajstić information content (AvgIpc) is 3.49. The number of allylic oxidation sites excluding steroid dienone is 1. The number of hydrogen-bond donors (Lipinski definition) is 0. The van der Waals surface area contributed by atoms with Crippen LogP contribution in [0.4, 0.5) is 0 Å². The molecule has 43 heavy (non-hydrogen) atoms. The van der Waals surface area contributed by atoms with Crippen molar-refractivity contribution >= 4 is 29.8 Å². The number of ether oxygens (including phenoxy) is 4. The molecule has 3 heterocycles. The van der Waals surface area contributed by atoms with Gasteiger partial charge in [0.2, 0.25) is 0 Å². The third kappa shape index (κ3) is 6.56. The maximum Gasteiger partial charge on any atom is 0.342 e. The number of fused-ring (bicyclic) bond motifs is 2. The molecular weight excluding hydrogens is 552 g/mol. The lowest BCUT2D eigenvalue weighted by Gasteiger charge is -2.27. The minimum absolute atomic E-state index is 0.0221. The second-order valence-corrected chi connectivity index (χ2v) is 10.7. The second-order valence-electron chi connectivity index (χ2n) is 10.7. The van der Waals surface area contributed by atoms with Gasteiger partial charge in [0, 0.05) is 24.0 Å². The van der Waals surface area contributed by atoms with Crippen molar-refractivity contribution in [2.45, 2.75) is 63.9 Å². The molecule has 0 fully saturated rings. The van der Waals surface area contributed by atoms with Crippen LogP contribution in [0.25, 0.3) is 17.4 Å². The van der Waals surface area contributed by atoms with Crippen LogP contribution >= 0.6 is 0 Å². The van der Waals surface area contributed by atoms with Crippen molar-refractivity contribution in [2.75, 3.05) is 14.2 Å². The predicted molar refractivity (Wildman–Crippen MR) is 157 cm³/mol. The molecule has 0 radical (unpaired) electrons. The molecule has 0 bridgehead atoms. The van der Waals surface area contributed by atoms with Crippen molar-refractivity contribution in [3.8, 4) is 22.8 Å². The third-order valence-corrected chi connectivity index (χ3v) is 7.72. The molecule has 224 valence electrons. The molecule has 2 atom stereocenters. The molecule has 9 nitrogen and oxygen atoms in total. The molecule has 0 unspecified atom stereocenters. The van der Waals surface area contributed by atoms with Crippen LogP contribution in [0.1, 0.15) is 95.4 Å². The van der Waals surface area contributed by atoms with Crippen molar-refractivity contribution in [3.05, 3.63) is 76.6 Å². The van der Waals surface area contributed by atoms with Gasteiger partial charge in [-0.25, -0.2) is 9.59 Å². The maximum absolute atomic E-state index is 13.6. The van der Waals surface area contributed by atoms with Gasteiger partial charge in [-0.1, -0.05) is 24.3 Å². The first-order valence-electron chi connectivity index (χ1n) is 14.4. The molecule has 2 aromatic carbocycles. The summed E-state index contributed by atoms with van der Waals surface area (Å²) in [4.78, 5) is 50.4. The molecular formula is C34H34O9. The van der Waals surface area contributed by atoms with Gasteiger partial charge in [0.1, 0.15) is 34.4 Å². The van der Waals surface area contributed by atoms with Crippen molar-refractivity contribution in [1.29, 1.82) is 0 Å². The van der Waals surface area contributed by atoms with Gasteiger partial charge in [-0.2, -0.15) is 0 Å². The fourth-order valence-electron chi connectivity index (χ4n) is 5.54. The van der Waals surface area contributed by atoms with E-state index in [1.807, 2.05) is 6.08 Å². The number of furan rings is 1. The highest BCUT2D eigenvalue weighted by Crippen LogP contribution is 2.48. The Labute approximate surface area is 249 Å². The Morgan fingerprint density at radius 2 is 1.74 bits per heavy atom. The zero-order valence-corrected chi connectivity index (χ0v) is 24.5. The minimum atomic E-state index is -0.590. The first-order valence-corrected chi connectivity index (χ1v) is 14.4. The molecule has 0 aliphatic carbocycles. The van der Waals surface area contributed by atoms with Crippen molar-refractivity contribution < 1.29 is 42.5 Å². The van der Waals surface area contributed by atoms with Crippen LogP contribution in [0, 0.1) is 0 Å². The van der Waals surface area contributed by atoms with Crippen molar-refractivity contribution in [1.82, 2.24) is 0 Å². The van der Waals surface area contributed by atoms with Gasteiger partial charge in [-0.05, 0) is 68.5 Å². The predicted octanol–water partition coefficient (Wildman–Crippen LogP) is 6.66. The number of carbonyl (C=O) groups is 4. The number of carbonyl (C=O) groups excluding carboxylic acids is 4. The lowest BCUT2D eigenvalue weighted by molar-refractivity contribution is -0.135. The smallest absolute Gasteiger partial charge is 0.342 e. The Morgan fingerprint density at radius 1 is 0.977 bits per heavy atom. The number of benzene rings is 2. The summed E-state index contributed by atoms with van der Waals surface area (Å²) < 4.78 is 28.4. The summed E-state index contributed by atoms with van der Waals surface area (Å²) in [6.45, 7) is 1.81.